The minimum atomic E-state index is -1.01. The standard InChI is InChI=1S/C13H15NO.C10H14FNOS/c15-8-14-13-11-5-1-3-9(11)7-10-4-2-6-12(10)13;1-10(2,13)7-4-8(11)6-9(5-7)14-12-3/h7-8H,1-6H2,(H,14,15);4-6,12-13H,1-3H3. The topological polar surface area (TPSA) is 61.4 Å². The van der Waals surface area contributed by atoms with Crippen molar-refractivity contribution >= 4 is 24.0 Å². The molecule has 0 radical (unpaired) electrons. The number of halogens is 1. The van der Waals surface area contributed by atoms with Crippen LogP contribution in [0.2, 0.25) is 0 Å². The Hall–Kier alpha value is -1.89. The summed E-state index contributed by atoms with van der Waals surface area (Å²) in [5.41, 5.74) is 6.47. The number of benzene rings is 2. The lowest BCUT2D eigenvalue weighted by Crippen LogP contribution is -2.15. The second-order valence-corrected chi connectivity index (χ2v) is 9.12. The normalized spacial score (nSPS) is 14.7. The quantitative estimate of drug-likeness (QED) is 0.496. The molecule has 2 aromatic carbocycles. The fourth-order valence-corrected chi connectivity index (χ4v) is 4.74. The first-order chi connectivity index (χ1) is 13.8. The van der Waals surface area contributed by atoms with Crippen molar-refractivity contribution in [2.45, 2.75) is 62.9 Å². The maximum absolute atomic E-state index is 13.1. The monoisotopic (exact) mass is 416 g/mol. The van der Waals surface area contributed by atoms with Gasteiger partial charge in [0.25, 0.3) is 0 Å². The van der Waals surface area contributed by atoms with Gasteiger partial charge >= 0.3 is 0 Å². The summed E-state index contributed by atoms with van der Waals surface area (Å²) in [6.45, 7) is 3.27. The van der Waals surface area contributed by atoms with E-state index in [0.29, 0.717) is 5.56 Å². The molecule has 0 bridgehead atoms. The number of nitrogens with one attached hydrogen (secondary N) is 2. The van der Waals surface area contributed by atoms with Crippen molar-refractivity contribution in [3.05, 3.63) is 57.9 Å². The Morgan fingerprint density at radius 1 is 1.03 bits per heavy atom. The molecule has 3 N–H and O–H groups in total. The number of carbonyl (C=O) groups is 1. The van der Waals surface area contributed by atoms with Crippen LogP contribution < -0.4 is 10.0 Å². The van der Waals surface area contributed by atoms with Crippen LogP contribution in [0.25, 0.3) is 0 Å². The first kappa shape index (κ1) is 21.8. The highest BCUT2D eigenvalue weighted by atomic mass is 32.2. The molecule has 0 aromatic heterocycles. The molecule has 0 unspecified atom stereocenters. The molecule has 2 aliphatic carbocycles. The largest absolute Gasteiger partial charge is 0.386 e. The van der Waals surface area contributed by atoms with Crippen LogP contribution in [0.15, 0.2) is 29.2 Å². The van der Waals surface area contributed by atoms with Gasteiger partial charge in [-0.25, -0.2) is 4.39 Å². The minimum absolute atomic E-state index is 0.331. The Bertz CT molecular complexity index is 861. The van der Waals surface area contributed by atoms with Gasteiger partial charge in [-0.05, 0) is 117 Å². The third-order valence-corrected chi connectivity index (χ3v) is 6.15. The second-order valence-electron chi connectivity index (χ2n) is 8.04. The lowest BCUT2D eigenvalue weighted by Gasteiger charge is -2.18. The Balaban J connectivity index is 0.000000166. The highest BCUT2D eigenvalue weighted by Crippen LogP contribution is 2.38. The van der Waals surface area contributed by atoms with Crippen LogP contribution >= 0.6 is 11.9 Å². The molecule has 0 aliphatic heterocycles. The van der Waals surface area contributed by atoms with Crippen molar-refractivity contribution in [1.82, 2.24) is 4.72 Å². The molecular formula is C23H29FN2O2S. The van der Waals surface area contributed by atoms with Crippen LogP contribution in [0.5, 0.6) is 0 Å². The Morgan fingerprint density at radius 3 is 2.17 bits per heavy atom. The average Bonchev–Trinajstić information content (AvgIpc) is 3.30. The van der Waals surface area contributed by atoms with Crippen molar-refractivity contribution in [2.24, 2.45) is 0 Å². The highest BCUT2D eigenvalue weighted by Gasteiger charge is 2.23. The summed E-state index contributed by atoms with van der Waals surface area (Å²) in [5.74, 6) is -0.331. The molecule has 0 heterocycles. The highest BCUT2D eigenvalue weighted by molar-refractivity contribution is 7.97. The summed E-state index contributed by atoms with van der Waals surface area (Å²) in [6.07, 6.45) is 7.97. The fraction of sp³-hybridized carbons (Fsp3) is 0.435. The number of carbonyl (C=O) groups excluding carboxylic acids is 1. The lowest BCUT2D eigenvalue weighted by molar-refractivity contribution is -0.105. The first-order valence-electron chi connectivity index (χ1n) is 10.1. The van der Waals surface area contributed by atoms with Crippen LogP contribution in [0.1, 0.15) is 54.5 Å². The van der Waals surface area contributed by atoms with Crippen LogP contribution in [0.3, 0.4) is 0 Å². The molecule has 6 heteroatoms. The summed E-state index contributed by atoms with van der Waals surface area (Å²) in [5, 5.41) is 12.6. The Kier molecular flexibility index (Phi) is 6.98. The Labute approximate surface area is 176 Å². The second kappa shape index (κ2) is 9.28. The summed E-state index contributed by atoms with van der Waals surface area (Å²) >= 11 is 1.32. The summed E-state index contributed by atoms with van der Waals surface area (Å²) in [4.78, 5) is 11.4. The molecule has 2 aromatic rings. The van der Waals surface area contributed by atoms with E-state index < -0.39 is 5.60 Å². The molecule has 1 amide bonds. The third kappa shape index (κ3) is 5.18. The maximum atomic E-state index is 13.1. The van der Waals surface area contributed by atoms with Gasteiger partial charge in [0.2, 0.25) is 6.41 Å². The predicted molar refractivity (Wildman–Crippen MR) is 117 cm³/mol. The predicted octanol–water partition coefficient (Wildman–Crippen LogP) is 4.51. The zero-order chi connectivity index (χ0) is 21.0. The van der Waals surface area contributed by atoms with Gasteiger partial charge in [-0.3, -0.25) is 9.52 Å². The minimum Gasteiger partial charge on any atom is -0.386 e. The number of anilines is 1. The fourth-order valence-electron chi connectivity index (χ4n) is 4.14. The number of aryl methyl sites for hydroxylation is 2. The average molecular weight is 417 g/mol. The van der Waals surface area contributed by atoms with Crippen LogP contribution in [0, 0.1) is 5.82 Å². The molecule has 156 valence electrons. The van der Waals surface area contributed by atoms with E-state index in [4.69, 9.17) is 0 Å². The van der Waals surface area contributed by atoms with E-state index in [-0.39, 0.29) is 5.82 Å². The molecule has 4 nitrogen and oxygen atoms in total. The Morgan fingerprint density at radius 2 is 1.66 bits per heavy atom. The third-order valence-electron chi connectivity index (χ3n) is 5.47. The van der Waals surface area contributed by atoms with Crippen LogP contribution in [-0.4, -0.2) is 18.6 Å². The van der Waals surface area contributed by atoms with Gasteiger partial charge in [0.05, 0.1) is 5.60 Å². The zero-order valence-electron chi connectivity index (χ0n) is 17.3. The van der Waals surface area contributed by atoms with E-state index in [9.17, 15) is 14.3 Å². The number of fused-ring (bicyclic) bond motifs is 2. The maximum Gasteiger partial charge on any atom is 0.211 e. The smallest absolute Gasteiger partial charge is 0.211 e. The van der Waals surface area contributed by atoms with Gasteiger partial charge < -0.3 is 10.4 Å². The molecule has 0 fully saturated rings. The van der Waals surface area contributed by atoms with Crippen molar-refractivity contribution < 1.29 is 14.3 Å². The number of hydrogen-bond donors (Lipinski definition) is 3. The molecule has 2 aliphatic rings. The van der Waals surface area contributed by atoms with Gasteiger partial charge in [0, 0.05) is 10.6 Å². The molecule has 0 atom stereocenters. The van der Waals surface area contributed by atoms with Gasteiger partial charge in [0.15, 0.2) is 0 Å². The van der Waals surface area contributed by atoms with E-state index in [2.05, 4.69) is 16.1 Å². The first-order valence-corrected chi connectivity index (χ1v) is 10.9. The molecule has 0 saturated carbocycles. The molecular weight excluding hydrogens is 387 g/mol. The van der Waals surface area contributed by atoms with Gasteiger partial charge in [-0.1, -0.05) is 6.07 Å². The van der Waals surface area contributed by atoms with Crippen molar-refractivity contribution in [3.63, 3.8) is 0 Å². The van der Waals surface area contributed by atoms with Crippen molar-refractivity contribution in [3.8, 4) is 0 Å². The van der Waals surface area contributed by atoms with Gasteiger partial charge in [-0.2, -0.15) is 0 Å². The van der Waals surface area contributed by atoms with Crippen LogP contribution in [-0.2, 0) is 36.1 Å². The molecule has 29 heavy (non-hydrogen) atoms. The molecule has 0 spiro atoms. The number of amides is 1. The number of rotatable bonds is 5. The van der Waals surface area contributed by atoms with E-state index in [1.165, 1.54) is 72.0 Å². The van der Waals surface area contributed by atoms with Crippen molar-refractivity contribution in [2.75, 3.05) is 12.4 Å². The van der Waals surface area contributed by atoms with E-state index in [1.54, 1.807) is 27.0 Å². The number of hydrogen-bond acceptors (Lipinski definition) is 4. The van der Waals surface area contributed by atoms with Crippen molar-refractivity contribution in [1.29, 1.82) is 0 Å². The van der Waals surface area contributed by atoms with Gasteiger partial charge in [0.1, 0.15) is 5.82 Å². The summed E-state index contributed by atoms with van der Waals surface area (Å²) in [6, 6.07) is 6.92. The molecule has 0 saturated heterocycles. The summed E-state index contributed by atoms with van der Waals surface area (Å²) in [7, 11) is 1.76. The van der Waals surface area contributed by atoms with Gasteiger partial charge in [-0.15, -0.1) is 0 Å². The summed E-state index contributed by atoms with van der Waals surface area (Å²) < 4.78 is 16.0. The number of aliphatic hydroxyl groups is 1. The van der Waals surface area contributed by atoms with E-state index in [1.807, 2.05) is 0 Å². The zero-order valence-corrected chi connectivity index (χ0v) is 18.1. The lowest BCUT2D eigenvalue weighted by atomic mass is 9.99. The van der Waals surface area contributed by atoms with E-state index in [0.717, 1.165) is 29.8 Å². The van der Waals surface area contributed by atoms with Crippen LogP contribution in [0.4, 0.5) is 10.1 Å². The SMILES string of the molecule is CNSc1cc(F)cc(C(C)(C)O)c1.O=CNc1c2c(cc3c1CCC3)CCC2. The van der Waals surface area contributed by atoms with E-state index >= 15 is 0 Å². The molecule has 4 rings (SSSR count).